The lowest BCUT2D eigenvalue weighted by atomic mass is 9.65. The van der Waals surface area contributed by atoms with E-state index in [0.29, 0.717) is 5.41 Å². The van der Waals surface area contributed by atoms with E-state index in [0.717, 1.165) is 24.9 Å². The SMILES string of the molecule is CCNC(=NCC1(C2CC2)CCC1)N1CCCC(C)C1.I. The van der Waals surface area contributed by atoms with Gasteiger partial charge in [-0.2, -0.15) is 0 Å². The van der Waals surface area contributed by atoms with Crippen LogP contribution in [0.25, 0.3) is 0 Å². The Morgan fingerprint density at radius 1 is 1.24 bits per heavy atom. The van der Waals surface area contributed by atoms with Gasteiger partial charge in [-0.15, -0.1) is 24.0 Å². The van der Waals surface area contributed by atoms with E-state index in [1.54, 1.807) is 0 Å². The average Bonchev–Trinajstić information content (AvgIpc) is 3.21. The van der Waals surface area contributed by atoms with Crippen molar-refractivity contribution in [1.82, 2.24) is 10.2 Å². The van der Waals surface area contributed by atoms with Crippen LogP contribution < -0.4 is 5.32 Å². The summed E-state index contributed by atoms with van der Waals surface area (Å²) < 4.78 is 0. The van der Waals surface area contributed by atoms with E-state index in [4.69, 9.17) is 4.99 Å². The number of guanidine groups is 1. The van der Waals surface area contributed by atoms with Crippen LogP contribution in [-0.2, 0) is 0 Å². The van der Waals surface area contributed by atoms with Crippen LogP contribution in [0.1, 0.15) is 58.8 Å². The number of hydrogen-bond donors (Lipinski definition) is 1. The third kappa shape index (κ3) is 4.05. The Morgan fingerprint density at radius 3 is 2.52 bits per heavy atom. The Hall–Kier alpha value is 0. The Labute approximate surface area is 147 Å². The van der Waals surface area contributed by atoms with Crippen molar-refractivity contribution < 1.29 is 0 Å². The molecule has 3 rings (SSSR count). The van der Waals surface area contributed by atoms with Crippen molar-refractivity contribution in [1.29, 1.82) is 0 Å². The highest BCUT2D eigenvalue weighted by Gasteiger charge is 2.48. The number of piperidine rings is 1. The average molecular weight is 405 g/mol. The van der Waals surface area contributed by atoms with Gasteiger partial charge < -0.3 is 10.2 Å². The molecular formula is C17H32IN3. The molecule has 0 spiro atoms. The highest BCUT2D eigenvalue weighted by molar-refractivity contribution is 14.0. The van der Waals surface area contributed by atoms with Gasteiger partial charge in [0.2, 0.25) is 0 Å². The van der Waals surface area contributed by atoms with Gasteiger partial charge in [0, 0.05) is 26.2 Å². The molecule has 4 heteroatoms. The van der Waals surface area contributed by atoms with E-state index in [9.17, 15) is 0 Å². The van der Waals surface area contributed by atoms with E-state index in [-0.39, 0.29) is 24.0 Å². The van der Waals surface area contributed by atoms with Crippen LogP contribution in [0.15, 0.2) is 4.99 Å². The normalized spacial score (nSPS) is 28.6. The summed E-state index contributed by atoms with van der Waals surface area (Å²) in [5.41, 5.74) is 0.599. The van der Waals surface area contributed by atoms with Gasteiger partial charge in [-0.25, -0.2) is 0 Å². The fourth-order valence-electron chi connectivity index (χ4n) is 4.06. The zero-order valence-electron chi connectivity index (χ0n) is 13.7. The summed E-state index contributed by atoms with van der Waals surface area (Å²) in [6, 6.07) is 0. The van der Waals surface area contributed by atoms with Crippen molar-refractivity contribution >= 4 is 29.9 Å². The molecule has 0 amide bonds. The maximum atomic E-state index is 5.06. The smallest absolute Gasteiger partial charge is 0.193 e. The fourth-order valence-corrected chi connectivity index (χ4v) is 4.06. The van der Waals surface area contributed by atoms with E-state index < -0.39 is 0 Å². The molecule has 122 valence electrons. The standard InChI is InChI=1S/C17H31N3.HI/c1-3-18-16(20-11-4-6-14(2)12-20)19-13-17(9-5-10-17)15-7-8-15;/h14-15H,3-13H2,1-2H3,(H,18,19);1H. The van der Waals surface area contributed by atoms with Crippen molar-refractivity contribution in [3.63, 3.8) is 0 Å². The third-order valence-corrected chi connectivity index (χ3v) is 5.63. The molecule has 0 aromatic rings. The summed E-state index contributed by atoms with van der Waals surface area (Å²) in [5, 5.41) is 3.53. The first-order valence-corrected chi connectivity index (χ1v) is 8.77. The number of hydrogen-bond acceptors (Lipinski definition) is 1. The van der Waals surface area contributed by atoms with Gasteiger partial charge in [0.05, 0.1) is 0 Å². The second-order valence-corrected chi connectivity index (χ2v) is 7.35. The molecular weight excluding hydrogens is 373 g/mol. The quantitative estimate of drug-likeness (QED) is 0.437. The molecule has 1 atom stereocenters. The Balaban J connectivity index is 0.00000161. The summed E-state index contributed by atoms with van der Waals surface area (Å²) in [6.07, 6.45) is 9.91. The largest absolute Gasteiger partial charge is 0.357 e. The first-order valence-electron chi connectivity index (χ1n) is 8.77. The van der Waals surface area contributed by atoms with Gasteiger partial charge in [-0.1, -0.05) is 13.3 Å². The lowest BCUT2D eigenvalue weighted by molar-refractivity contribution is 0.112. The van der Waals surface area contributed by atoms with Crippen molar-refractivity contribution in [3.05, 3.63) is 0 Å². The van der Waals surface area contributed by atoms with Gasteiger partial charge >= 0.3 is 0 Å². The minimum atomic E-state index is 0. The van der Waals surface area contributed by atoms with Crippen LogP contribution in [-0.4, -0.2) is 37.0 Å². The van der Waals surface area contributed by atoms with Crippen LogP contribution in [0.5, 0.6) is 0 Å². The zero-order chi connectivity index (χ0) is 14.0. The molecule has 1 saturated heterocycles. The van der Waals surface area contributed by atoms with Crippen LogP contribution in [0.2, 0.25) is 0 Å². The molecule has 21 heavy (non-hydrogen) atoms. The molecule has 3 nitrogen and oxygen atoms in total. The summed E-state index contributed by atoms with van der Waals surface area (Å²) in [4.78, 5) is 7.56. The maximum Gasteiger partial charge on any atom is 0.193 e. The minimum Gasteiger partial charge on any atom is -0.357 e. The predicted octanol–water partition coefficient (Wildman–Crippen LogP) is 3.88. The Kier molecular flexibility index (Phi) is 6.21. The van der Waals surface area contributed by atoms with Gasteiger partial charge in [-0.05, 0) is 62.7 Å². The molecule has 2 aliphatic carbocycles. The van der Waals surface area contributed by atoms with Crippen LogP contribution in [0.4, 0.5) is 0 Å². The number of nitrogens with zero attached hydrogens (tertiary/aromatic N) is 2. The number of nitrogens with one attached hydrogen (secondary N) is 1. The van der Waals surface area contributed by atoms with Gasteiger partial charge in [0.15, 0.2) is 5.96 Å². The molecule has 2 saturated carbocycles. The number of halogens is 1. The molecule has 1 aliphatic heterocycles. The van der Waals surface area contributed by atoms with E-state index >= 15 is 0 Å². The van der Waals surface area contributed by atoms with Crippen LogP contribution in [0, 0.1) is 17.3 Å². The second-order valence-electron chi connectivity index (χ2n) is 7.35. The summed E-state index contributed by atoms with van der Waals surface area (Å²) in [6.45, 7) is 8.98. The van der Waals surface area contributed by atoms with Gasteiger partial charge in [-0.3, -0.25) is 4.99 Å². The molecule has 0 bridgehead atoms. The molecule has 1 unspecified atom stereocenters. The van der Waals surface area contributed by atoms with Crippen LogP contribution >= 0.6 is 24.0 Å². The van der Waals surface area contributed by atoms with Crippen molar-refractivity contribution in [2.24, 2.45) is 22.2 Å². The van der Waals surface area contributed by atoms with Crippen LogP contribution in [0.3, 0.4) is 0 Å². The number of likely N-dealkylation sites (tertiary alicyclic amines) is 1. The Morgan fingerprint density at radius 2 is 2.00 bits per heavy atom. The second kappa shape index (κ2) is 7.51. The molecule has 1 N–H and O–H groups in total. The van der Waals surface area contributed by atoms with E-state index in [1.807, 2.05) is 0 Å². The number of rotatable bonds is 4. The molecule has 0 radical (unpaired) electrons. The molecule has 3 aliphatic rings. The topological polar surface area (TPSA) is 27.6 Å². The maximum absolute atomic E-state index is 5.06. The van der Waals surface area contributed by atoms with Gasteiger partial charge in [0.1, 0.15) is 0 Å². The highest BCUT2D eigenvalue weighted by atomic mass is 127. The fraction of sp³-hybridized carbons (Fsp3) is 0.941. The first-order chi connectivity index (χ1) is 9.73. The number of aliphatic imine (C=N–C) groups is 1. The van der Waals surface area contributed by atoms with Crippen molar-refractivity contribution in [2.75, 3.05) is 26.2 Å². The molecule has 1 heterocycles. The summed E-state index contributed by atoms with van der Waals surface area (Å²) in [7, 11) is 0. The summed E-state index contributed by atoms with van der Waals surface area (Å²) >= 11 is 0. The molecule has 3 fully saturated rings. The van der Waals surface area contributed by atoms with Gasteiger partial charge in [0.25, 0.3) is 0 Å². The lowest BCUT2D eigenvalue weighted by Crippen LogP contribution is -2.47. The van der Waals surface area contributed by atoms with E-state index in [1.165, 1.54) is 64.0 Å². The predicted molar refractivity (Wildman–Crippen MR) is 100 cm³/mol. The highest BCUT2D eigenvalue weighted by Crippen LogP contribution is 2.57. The lowest BCUT2D eigenvalue weighted by Gasteiger charge is -2.42. The van der Waals surface area contributed by atoms with Crippen molar-refractivity contribution in [2.45, 2.75) is 58.8 Å². The van der Waals surface area contributed by atoms with Crippen molar-refractivity contribution in [3.8, 4) is 0 Å². The minimum absolute atomic E-state index is 0. The molecule has 0 aromatic heterocycles. The molecule has 0 aromatic carbocycles. The first kappa shape index (κ1) is 17.4. The zero-order valence-corrected chi connectivity index (χ0v) is 16.1. The summed E-state index contributed by atoms with van der Waals surface area (Å²) in [5.74, 6) is 3.00. The monoisotopic (exact) mass is 405 g/mol. The van der Waals surface area contributed by atoms with E-state index in [2.05, 4.69) is 24.1 Å². The third-order valence-electron chi connectivity index (χ3n) is 5.63. The Bertz CT molecular complexity index is 361.